The number of nitrogens with two attached hydrogens (primary N) is 1. The molecular weight excluding hydrogens is 248 g/mol. The summed E-state index contributed by atoms with van der Waals surface area (Å²) in [6.07, 6.45) is 0. The Labute approximate surface area is 119 Å². The number of carbonyl (C=O) groups is 1. The molecule has 0 saturated carbocycles. The van der Waals surface area contributed by atoms with Crippen LogP contribution in [0.25, 0.3) is 0 Å². The summed E-state index contributed by atoms with van der Waals surface area (Å²) in [5, 5.41) is 2.97. The van der Waals surface area contributed by atoms with Crippen molar-refractivity contribution in [3.05, 3.63) is 64.2 Å². The molecule has 0 heterocycles. The molecule has 1 amide bonds. The minimum Gasteiger partial charge on any atom is -0.326 e. The summed E-state index contributed by atoms with van der Waals surface area (Å²) < 4.78 is 0. The Hall–Kier alpha value is -2.13. The van der Waals surface area contributed by atoms with Crippen LogP contribution < -0.4 is 11.1 Å². The number of carbonyl (C=O) groups excluding carboxylic acids is 1. The van der Waals surface area contributed by atoms with Gasteiger partial charge in [-0.05, 0) is 49.6 Å². The van der Waals surface area contributed by atoms with E-state index in [1.54, 1.807) is 0 Å². The molecule has 3 heteroatoms. The lowest BCUT2D eigenvalue weighted by molar-refractivity contribution is 0.102. The first-order chi connectivity index (χ1) is 9.51. The molecule has 20 heavy (non-hydrogen) atoms. The first-order valence-electron chi connectivity index (χ1n) is 6.69. The van der Waals surface area contributed by atoms with E-state index in [0.29, 0.717) is 12.1 Å². The lowest BCUT2D eigenvalue weighted by Crippen LogP contribution is -2.14. The van der Waals surface area contributed by atoms with Gasteiger partial charge in [-0.2, -0.15) is 0 Å². The van der Waals surface area contributed by atoms with Gasteiger partial charge in [0.05, 0.1) is 0 Å². The zero-order valence-corrected chi connectivity index (χ0v) is 12.2. The van der Waals surface area contributed by atoms with E-state index in [4.69, 9.17) is 5.73 Å². The first kappa shape index (κ1) is 14.3. The van der Waals surface area contributed by atoms with Crippen LogP contribution in [0.15, 0.2) is 36.4 Å². The van der Waals surface area contributed by atoms with Gasteiger partial charge in [-0.25, -0.2) is 0 Å². The highest BCUT2D eigenvalue weighted by Gasteiger charge is 2.11. The van der Waals surface area contributed by atoms with Crippen LogP contribution in [0.5, 0.6) is 0 Å². The molecule has 0 atom stereocenters. The average Bonchev–Trinajstić information content (AvgIpc) is 2.43. The molecule has 0 aliphatic rings. The van der Waals surface area contributed by atoms with Crippen molar-refractivity contribution in [3.63, 3.8) is 0 Å². The normalized spacial score (nSPS) is 10.4. The molecule has 104 valence electrons. The largest absolute Gasteiger partial charge is 0.326 e. The summed E-state index contributed by atoms with van der Waals surface area (Å²) in [6.45, 7) is 6.36. The van der Waals surface area contributed by atoms with Crippen molar-refractivity contribution in [3.8, 4) is 0 Å². The predicted octanol–water partition coefficient (Wildman–Crippen LogP) is 3.32. The quantitative estimate of drug-likeness (QED) is 0.897. The van der Waals surface area contributed by atoms with Crippen LogP contribution in [0.1, 0.15) is 32.6 Å². The molecule has 2 aromatic carbocycles. The van der Waals surface area contributed by atoms with Crippen molar-refractivity contribution < 1.29 is 4.79 Å². The Morgan fingerprint density at radius 3 is 2.45 bits per heavy atom. The number of rotatable bonds is 3. The van der Waals surface area contributed by atoms with Crippen molar-refractivity contribution in [1.82, 2.24) is 0 Å². The highest BCUT2D eigenvalue weighted by molar-refractivity contribution is 6.05. The minimum atomic E-state index is -0.0801. The van der Waals surface area contributed by atoms with Crippen LogP contribution in [0, 0.1) is 20.8 Å². The van der Waals surface area contributed by atoms with E-state index in [1.807, 2.05) is 57.2 Å². The maximum atomic E-state index is 12.4. The predicted molar refractivity (Wildman–Crippen MR) is 82.9 cm³/mol. The monoisotopic (exact) mass is 268 g/mol. The highest BCUT2D eigenvalue weighted by atomic mass is 16.1. The van der Waals surface area contributed by atoms with Crippen LogP contribution >= 0.6 is 0 Å². The van der Waals surface area contributed by atoms with E-state index in [9.17, 15) is 4.79 Å². The fourth-order valence-corrected chi connectivity index (χ4v) is 2.10. The number of aryl methyl sites for hydroxylation is 3. The fourth-order valence-electron chi connectivity index (χ4n) is 2.10. The number of hydrogen-bond acceptors (Lipinski definition) is 2. The number of benzene rings is 2. The van der Waals surface area contributed by atoms with Gasteiger partial charge in [-0.3, -0.25) is 4.79 Å². The third-order valence-corrected chi connectivity index (χ3v) is 3.42. The van der Waals surface area contributed by atoms with Gasteiger partial charge < -0.3 is 11.1 Å². The molecule has 0 aliphatic heterocycles. The van der Waals surface area contributed by atoms with Gasteiger partial charge in [-0.15, -0.1) is 0 Å². The minimum absolute atomic E-state index is 0.0801. The second-order valence-electron chi connectivity index (χ2n) is 5.13. The van der Waals surface area contributed by atoms with Crippen molar-refractivity contribution in [1.29, 1.82) is 0 Å². The molecule has 2 rings (SSSR count). The molecule has 0 radical (unpaired) electrons. The van der Waals surface area contributed by atoms with Crippen LogP contribution in [0.3, 0.4) is 0 Å². The van der Waals surface area contributed by atoms with Gasteiger partial charge >= 0.3 is 0 Å². The number of anilines is 1. The molecule has 2 aromatic rings. The summed E-state index contributed by atoms with van der Waals surface area (Å²) in [5.41, 5.74) is 11.3. The molecule has 0 fully saturated rings. The summed E-state index contributed by atoms with van der Waals surface area (Å²) in [4.78, 5) is 12.4. The fraction of sp³-hybridized carbons (Fsp3) is 0.235. The van der Waals surface area contributed by atoms with Gasteiger partial charge in [-0.1, -0.05) is 29.8 Å². The number of nitrogens with one attached hydrogen (secondary N) is 1. The standard InChI is InChI=1S/C17H20N2O/c1-11-4-5-12(2)15(8-11)17(20)19-16-9-14(10-18)7-6-13(16)3/h4-9H,10,18H2,1-3H3,(H,19,20). The van der Waals surface area contributed by atoms with Gasteiger partial charge in [0.15, 0.2) is 0 Å². The molecule has 0 bridgehead atoms. The molecular formula is C17H20N2O. The molecule has 0 aliphatic carbocycles. The van der Waals surface area contributed by atoms with E-state index in [0.717, 1.165) is 27.9 Å². The van der Waals surface area contributed by atoms with E-state index in [-0.39, 0.29) is 5.91 Å². The number of hydrogen-bond donors (Lipinski definition) is 2. The van der Waals surface area contributed by atoms with Gasteiger partial charge in [0.25, 0.3) is 5.91 Å². The Morgan fingerprint density at radius 2 is 1.75 bits per heavy atom. The van der Waals surface area contributed by atoms with Crippen LogP contribution in [0.4, 0.5) is 5.69 Å². The zero-order valence-electron chi connectivity index (χ0n) is 12.2. The Bertz CT molecular complexity index is 647. The van der Waals surface area contributed by atoms with Gasteiger partial charge in [0.2, 0.25) is 0 Å². The number of amides is 1. The second kappa shape index (κ2) is 5.88. The molecule has 0 unspecified atom stereocenters. The molecule has 3 N–H and O–H groups in total. The molecule has 0 spiro atoms. The summed E-state index contributed by atoms with van der Waals surface area (Å²) in [7, 11) is 0. The topological polar surface area (TPSA) is 55.1 Å². The maximum absolute atomic E-state index is 12.4. The van der Waals surface area contributed by atoms with Crippen molar-refractivity contribution >= 4 is 11.6 Å². The molecule has 0 saturated heterocycles. The van der Waals surface area contributed by atoms with Crippen molar-refractivity contribution in [2.75, 3.05) is 5.32 Å². The van der Waals surface area contributed by atoms with E-state index in [2.05, 4.69) is 5.32 Å². The third kappa shape index (κ3) is 3.06. The Morgan fingerprint density at radius 1 is 1.05 bits per heavy atom. The lowest BCUT2D eigenvalue weighted by Gasteiger charge is -2.12. The Balaban J connectivity index is 2.30. The van der Waals surface area contributed by atoms with E-state index >= 15 is 0 Å². The maximum Gasteiger partial charge on any atom is 0.255 e. The van der Waals surface area contributed by atoms with Crippen molar-refractivity contribution in [2.24, 2.45) is 5.73 Å². The summed E-state index contributed by atoms with van der Waals surface area (Å²) in [6, 6.07) is 11.8. The average molecular weight is 268 g/mol. The molecule has 0 aromatic heterocycles. The smallest absolute Gasteiger partial charge is 0.255 e. The first-order valence-corrected chi connectivity index (χ1v) is 6.69. The lowest BCUT2D eigenvalue weighted by atomic mass is 10.0. The summed E-state index contributed by atoms with van der Waals surface area (Å²) in [5.74, 6) is -0.0801. The van der Waals surface area contributed by atoms with Crippen LogP contribution in [0.2, 0.25) is 0 Å². The van der Waals surface area contributed by atoms with E-state index < -0.39 is 0 Å². The third-order valence-electron chi connectivity index (χ3n) is 3.42. The van der Waals surface area contributed by atoms with Crippen molar-refractivity contribution in [2.45, 2.75) is 27.3 Å². The van der Waals surface area contributed by atoms with Crippen LogP contribution in [-0.4, -0.2) is 5.91 Å². The SMILES string of the molecule is Cc1ccc(C)c(C(=O)Nc2cc(CN)ccc2C)c1. The highest BCUT2D eigenvalue weighted by Crippen LogP contribution is 2.19. The summed E-state index contributed by atoms with van der Waals surface area (Å²) >= 11 is 0. The molecule has 3 nitrogen and oxygen atoms in total. The van der Waals surface area contributed by atoms with E-state index in [1.165, 1.54) is 0 Å². The zero-order chi connectivity index (χ0) is 14.7. The van der Waals surface area contributed by atoms with Gasteiger partial charge in [0, 0.05) is 17.8 Å². The van der Waals surface area contributed by atoms with Gasteiger partial charge in [0.1, 0.15) is 0 Å². The Kier molecular flexibility index (Phi) is 4.20. The van der Waals surface area contributed by atoms with Crippen LogP contribution in [-0.2, 0) is 6.54 Å². The second-order valence-corrected chi connectivity index (χ2v) is 5.13.